The summed E-state index contributed by atoms with van der Waals surface area (Å²) in [5.74, 6) is -0.127. The number of rotatable bonds is 5. The first-order chi connectivity index (χ1) is 14.1. The second kappa shape index (κ2) is 8.58. The lowest BCUT2D eigenvalue weighted by Crippen LogP contribution is -2.30. The summed E-state index contributed by atoms with van der Waals surface area (Å²) in [4.78, 5) is 26.3. The predicted octanol–water partition coefficient (Wildman–Crippen LogP) is 4.00. The summed E-state index contributed by atoms with van der Waals surface area (Å²) in [6.45, 7) is 0.686. The zero-order valence-electron chi connectivity index (χ0n) is 15.1. The van der Waals surface area contributed by atoms with Crippen molar-refractivity contribution >= 4 is 51.5 Å². The van der Waals surface area contributed by atoms with Gasteiger partial charge in [0, 0.05) is 17.9 Å². The average Bonchev–Trinajstić information content (AvgIpc) is 3.35. The molecule has 0 radical (unpaired) electrons. The fraction of sp³-hybridized carbons (Fsp3) is 0.158. The lowest BCUT2D eigenvalue weighted by Gasteiger charge is -2.16. The van der Waals surface area contributed by atoms with Gasteiger partial charge in [0.25, 0.3) is 0 Å². The van der Waals surface area contributed by atoms with Crippen molar-refractivity contribution in [3.05, 3.63) is 59.9 Å². The van der Waals surface area contributed by atoms with Crippen LogP contribution in [-0.2, 0) is 11.2 Å². The van der Waals surface area contributed by atoms with E-state index in [-0.39, 0.29) is 17.5 Å². The molecule has 148 valence electrons. The Morgan fingerprint density at radius 2 is 1.90 bits per heavy atom. The van der Waals surface area contributed by atoms with Crippen LogP contribution in [0.15, 0.2) is 52.9 Å². The minimum atomic E-state index is -0.506. The predicted molar refractivity (Wildman–Crippen MR) is 112 cm³/mol. The van der Waals surface area contributed by atoms with Crippen LogP contribution in [0.2, 0.25) is 0 Å². The number of thioether (sulfide) groups is 1. The van der Waals surface area contributed by atoms with E-state index < -0.39 is 6.03 Å². The zero-order valence-corrected chi connectivity index (χ0v) is 16.7. The molecular weight excluding hydrogens is 413 g/mol. The van der Waals surface area contributed by atoms with Gasteiger partial charge in [-0.25, -0.2) is 9.18 Å². The van der Waals surface area contributed by atoms with Gasteiger partial charge in [0.15, 0.2) is 4.34 Å². The largest absolute Gasteiger partial charge is 0.325 e. The molecule has 2 heterocycles. The molecule has 0 spiro atoms. The molecule has 1 aliphatic rings. The van der Waals surface area contributed by atoms with Gasteiger partial charge in [0.1, 0.15) is 5.82 Å². The number of nitrogens with one attached hydrogen (secondary N) is 2. The van der Waals surface area contributed by atoms with E-state index in [4.69, 9.17) is 0 Å². The Bertz CT molecular complexity index is 1040. The van der Waals surface area contributed by atoms with E-state index in [2.05, 4.69) is 20.8 Å². The van der Waals surface area contributed by atoms with E-state index in [0.717, 1.165) is 12.1 Å². The number of carbonyl (C=O) groups is 2. The third-order valence-corrected chi connectivity index (χ3v) is 6.19. The molecule has 10 heteroatoms. The summed E-state index contributed by atoms with van der Waals surface area (Å²) in [6, 6.07) is 12.8. The lowest BCUT2D eigenvalue weighted by atomic mass is 10.2. The summed E-state index contributed by atoms with van der Waals surface area (Å²) in [5.41, 5.74) is 2.61. The highest BCUT2D eigenvalue weighted by atomic mass is 32.2. The van der Waals surface area contributed by atoms with Gasteiger partial charge in [-0.2, -0.15) is 0 Å². The molecule has 0 saturated carbocycles. The number of nitrogens with zero attached hydrogens (tertiary/aromatic N) is 3. The Labute approximate surface area is 174 Å². The van der Waals surface area contributed by atoms with Crippen molar-refractivity contribution in [1.82, 2.24) is 10.2 Å². The highest BCUT2D eigenvalue weighted by Gasteiger charge is 2.24. The number of aromatic nitrogens is 2. The zero-order chi connectivity index (χ0) is 20.2. The fourth-order valence-corrected chi connectivity index (χ4v) is 4.53. The van der Waals surface area contributed by atoms with Crippen molar-refractivity contribution in [3.63, 3.8) is 0 Å². The van der Waals surface area contributed by atoms with Crippen molar-refractivity contribution in [3.8, 4) is 0 Å². The minimum Gasteiger partial charge on any atom is -0.311 e. The Hall–Kier alpha value is -2.98. The van der Waals surface area contributed by atoms with Crippen LogP contribution in [-0.4, -0.2) is 34.4 Å². The molecule has 1 aliphatic heterocycles. The summed E-state index contributed by atoms with van der Waals surface area (Å²) in [7, 11) is 0. The number of anilines is 3. The molecule has 0 fully saturated rings. The monoisotopic (exact) mass is 429 g/mol. The summed E-state index contributed by atoms with van der Waals surface area (Å²) < 4.78 is 13.5. The third-order valence-electron chi connectivity index (χ3n) is 4.24. The van der Waals surface area contributed by atoms with E-state index in [1.54, 1.807) is 4.90 Å². The number of fused-ring (bicyclic) bond motifs is 1. The van der Waals surface area contributed by atoms with Crippen molar-refractivity contribution in [2.24, 2.45) is 0 Å². The van der Waals surface area contributed by atoms with Crippen molar-refractivity contribution < 1.29 is 14.0 Å². The fourth-order valence-electron chi connectivity index (χ4n) is 2.91. The molecule has 1 aromatic heterocycles. The number of hydrogen-bond donors (Lipinski definition) is 2. The van der Waals surface area contributed by atoms with Crippen LogP contribution in [0.1, 0.15) is 5.56 Å². The molecule has 3 amide bonds. The van der Waals surface area contributed by atoms with Crippen molar-refractivity contribution in [1.29, 1.82) is 0 Å². The molecule has 4 rings (SSSR count). The van der Waals surface area contributed by atoms with E-state index in [9.17, 15) is 14.0 Å². The van der Waals surface area contributed by atoms with E-state index in [1.165, 1.54) is 52.9 Å². The smallest absolute Gasteiger partial charge is 0.311 e. The lowest BCUT2D eigenvalue weighted by molar-refractivity contribution is -0.116. The number of urea groups is 1. The molecule has 29 heavy (non-hydrogen) atoms. The molecular formula is C19H16FN5O2S2. The van der Waals surface area contributed by atoms with Crippen molar-refractivity contribution in [2.75, 3.05) is 27.8 Å². The highest BCUT2D eigenvalue weighted by Crippen LogP contribution is 2.30. The second-order valence-electron chi connectivity index (χ2n) is 6.17. The van der Waals surface area contributed by atoms with Crippen LogP contribution in [0, 0.1) is 5.82 Å². The number of hydrogen-bond acceptors (Lipinski definition) is 6. The Morgan fingerprint density at radius 3 is 2.72 bits per heavy atom. The van der Waals surface area contributed by atoms with Gasteiger partial charge in [-0.05, 0) is 42.3 Å². The van der Waals surface area contributed by atoms with E-state index in [1.807, 2.05) is 24.3 Å². The molecule has 0 bridgehead atoms. The molecule has 7 nitrogen and oxygen atoms in total. The number of halogens is 1. The molecule has 3 aromatic rings. The van der Waals surface area contributed by atoms with Crippen LogP contribution in [0.25, 0.3) is 0 Å². The maximum absolute atomic E-state index is 12.9. The summed E-state index contributed by atoms with van der Waals surface area (Å²) in [5, 5.41) is 13.4. The molecule has 0 atom stereocenters. The van der Waals surface area contributed by atoms with Gasteiger partial charge in [0.05, 0.1) is 5.75 Å². The van der Waals surface area contributed by atoms with Crippen LogP contribution in [0.4, 0.5) is 25.7 Å². The maximum Gasteiger partial charge on any atom is 0.325 e. The number of benzene rings is 2. The quantitative estimate of drug-likeness (QED) is 0.473. The number of amides is 3. The van der Waals surface area contributed by atoms with Crippen LogP contribution in [0.3, 0.4) is 0 Å². The average molecular weight is 430 g/mol. The van der Waals surface area contributed by atoms with Gasteiger partial charge in [-0.1, -0.05) is 41.3 Å². The topological polar surface area (TPSA) is 87.2 Å². The van der Waals surface area contributed by atoms with Gasteiger partial charge in [-0.3, -0.25) is 10.1 Å². The first kappa shape index (κ1) is 19.3. The standard InChI is InChI=1S/C19H16FN5O2S2/c20-13-5-7-14(8-6-13)21-17(27)22-18-23-24-19(29-18)28-11-16(26)25-10-9-12-3-1-2-4-15(12)25/h1-8H,9-11H2,(H2,21,22,23,27). The maximum atomic E-state index is 12.9. The van der Waals surface area contributed by atoms with Gasteiger partial charge in [-0.15, -0.1) is 10.2 Å². The minimum absolute atomic E-state index is 0.0127. The Kier molecular flexibility index (Phi) is 5.72. The third kappa shape index (κ3) is 4.72. The molecule has 0 aliphatic carbocycles. The van der Waals surface area contributed by atoms with Gasteiger partial charge >= 0.3 is 6.03 Å². The molecule has 0 saturated heterocycles. The first-order valence-corrected chi connectivity index (χ1v) is 10.6. The number of carbonyl (C=O) groups excluding carboxylic acids is 2. The van der Waals surface area contributed by atoms with E-state index >= 15 is 0 Å². The summed E-state index contributed by atoms with van der Waals surface area (Å²) >= 11 is 2.47. The Balaban J connectivity index is 1.29. The first-order valence-electron chi connectivity index (χ1n) is 8.76. The Morgan fingerprint density at radius 1 is 1.10 bits per heavy atom. The number of para-hydroxylation sites is 1. The molecule has 2 aromatic carbocycles. The normalized spacial score (nSPS) is 12.5. The molecule has 0 unspecified atom stereocenters. The SMILES string of the molecule is O=C(Nc1ccc(F)cc1)Nc1nnc(SCC(=O)N2CCc3ccccc32)s1. The van der Waals surface area contributed by atoms with Gasteiger partial charge in [0.2, 0.25) is 11.0 Å². The second-order valence-corrected chi connectivity index (χ2v) is 8.37. The van der Waals surface area contributed by atoms with E-state index in [0.29, 0.717) is 21.7 Å². The highest BCUT2D eigenvalue weighted by molar-refractivity contribution is 8.01. The van der Waals surface area contributed by atoms with Crippen molar-refractivity contribution in [2.45, 2.75) is 10.8 Å². The van der Waals surface area contributed by atoms with Gasteiger partial charge < -0.3 is 10.2 Å². The van der Waals surface area contributed by atoms with Crippen LogP contribution >= 0.6 is 23.1 Å². The molecule has 2 N–H and O–H groups in total. The van der Waals surface area contributed by atoms with Crippen LogP contribution < -0.4 is 15.5 Å². The summed E-state index contributed by atoms with van der Waals surface area (Å²) in [6.07, 6.45) is 0.864. The van der Waals surface area contributed by atoms with Crippen LogP contribution in [0.5, 0.6) is 0 Å².